The second-order valence-electron chi connectivity index (χ2n) is 3.70. The first-order valence-electron chi connectivity index (χ1n) is 5.03. The Balaban J connectivity index is 2.44. The second-order valence-corrected chi connectivity index (χ2v) is 4.63. The van der Waals surface area contributed by atoms with E-state index in [9.17, 15) is 4.21 Å². The summed E-state index contributed by atoms with van der Waals surface area (Å²) in [6.07, 6.45) is 0.760. The number of aryl methyl sites for hydroxylation is 1. The van der Waals surface area contributed by atoms with Crippen LogP contribution in [0.5, 0.6) is 0 Å². The molecule has 1 aromatic carbocycles. The highest BCUT2D eigenvalue weighted by Gasteiger charge is 2.17. The van der Waals surface area contributed by atoms with Crippen LogP contribution >= 0.6 is 0 Å². The molecule has 0 aliphatic carbocycles. The lowest BCUT2D eigenvalue weighted by atomic mass is 9.97. The molecule has 1 atom stereocenters. The van der Waals surface area contributed by atoms with Crippen molar-refractivity contribution >= 4 is 16.8 Å². The van der Waals surface area contributed by atoms with Crippen LogP contribution in [0.2, 0.25) is 0 Å². The molecule has 1 aliphatic heterocycles. The molecule has 86 valence electrons. The van der Waals surface area contributed by atoms with Crippen molar-refractivity contribution < 1.29 is 13.6 Å². The minimum atomic E-state index is -1.83. The molecule has 0 bridgehead atoms. The lowest BCUT2D eigenvalue weighted by Gasteiger charge is -2.09. The molecule has 0 radical (unpaired) electrons. The summed E-state index contributed by atoms with van der Waals surface area (Å²) in [5.41, 5.74) is 3.75. The van der Waals surface area contributed by atoms with Crippen LogP contribution in [-0.4, -0.2) is 21.1 Å². The molecular weight excluding hydrogens is 226 g/mol. The van der Waals surface area contributed by atoms with Crippen LogP contribution < -0.4 is 0 Å². The number of hydrogen-bond donors (Lipinski definition) is 1. The molecule has 1 N–H and O–H groups in total. The van der Waals surface area contributed by atoms with Crippen molar-refractivity contribution in [3.8, 4) is 0 Å². The highest BCUT2D eigenvalue weighted by atomic mass is 32.2. The molecule has 5 heteroatoms. The zero-order chi connectivity index (χ0) is 11.5. The van der Waals surface area contributed by atoms with Crippen LogP contribution in [0.15, 0.2) is 23.4 Å². The Bertz CT molecular complexity index is 457. The molecule has 1 aromatic rings. The van der Waals surface area contributed by atoms with Gasteiger partial charge in [0.2, 0.25) is 0 Å². The van der Waals surface area contributed by atoms with Crippen LogP contribution in [0.3, 0.4) is 0 Å². The quantitative estimate of drug-likeness (QED) is 0.819. The molecule has 1 unspecified atom stereocenters. The molecule has 0 amide bonds. The van der Waals surface area contributed by atoms with Crippen molar-refractivity contribution in [2.45, 2.75) is 19.1 Å². The average molecular weight is 239 g/mol. The van der Waals surface area contributed by atoms with Gasteiger partial charge >= 0.3 is 0 Å². The van der Waals surface area contributed by atoms with Crippen LogP contribution in [0.4, 0.5) is 0 Å². The summed E-state index contributed by atoms with van der Waals surface area (Å²) in [5, 5.41) is 3.97. The fraction of sp³-hybridized carbons (Fsp3) is 0.364. The zero-order valence-corrected chi connectivity index (χ0v) is 9.79. The Labute approximate surface area is 96.6 Å². The lowest BCUT2D eigenvalue weighted by molar-refractivity contribution is 0.174. The van der Waals surface area contributed by atoms with Crippen molar-refractivity contribution in [3.05, 3.63) is 34.9 Å². The van der Waals surface area contributed by atoms with Gasteiger partial charge in [0.1, 0.15) is 6.61 Å². The van der Waals surface area contributed by atoms with Crippen molar-refractivity contribution in [2.75, 3.05) is 6.61 Å². The molecule has 0 saturated carbocycles. The van der Waals surface area contributed by atoms with E-state index in [4.69, 9.17) is 9.39 Å². The van der Waals surface area contributed by atoms with Gasteiger partial charge in [0.25, 0.3) is 0 Å². The zero-order valence-electron chi connectivity index (χ0n) is 8.97. The van der Waals surface area contributed by atoms with Gasteiger partial charge in [-0.15, -0.1) is 0 Å². The first kappa shape index (κ1) is 11.3. The molecule has 4 nitrogen and oxygen atoms in total. The van der Waals surface area contributed by atoms with Gasteiger partial charge in [0.15, 0.2) is 11.1 Å². The minimum absolute atomic E-state index is 0.135. The maximum absolute atomic E-state index is 10.9. The van der Waals surface area contributed by atoms with E-state index in [1.165, 1.54) is 0 Å². The Hall–Kier alpha value is -1.20. The first-order chi connectivity index (χ1) is 7.68. The molecule has 2 rings (SSSR count). The third-order valence-corrected chi connectivity index (χ3v) is 3.09. The van der Waals surface area contributed by atoms with E-state index in [0.717, 1.165) is 28.8 Å². The van der Waals surface area contributed by atoms with Gasteiger partial charge in [-0.25, -0.2) is 4.21 Å². The van der Waals surface area contributed by atoms with Gasteiger partial charge in [-0.05, 0) is 18.1 Å². The van der Waals surface area contributed by atoms with Crippen molar-refractivity contribution in [1.29, 1.82) is 0 Å². The molecular formula is C11H13NO3S. The molecule has 0 aromatic heterocycles. The van der Waals surface area contributed by atoms with E-state index < -0.39 is 11.1 Å². The van der Waals surface area contributed by atoms with Gasteiger partial charge in [0, 0.05) is 12.0 Å². The third kappa shape index (κ3) is 2.31. The number of rotatable bonds is 3. The number of hydrogen-bond acceptors (Lipinski definition) is 3. The molecule has 0 spiro atoms. The standard InChI is InChI=1S/C11H13NO3S/c1-8-3-2-4-9(7-16(13)14)11(8)10-5-6-15-12-10/h2-4H,5-7H2,1H3,(H,13,14). The summed E-state index contributed by atoms with van der Waals surface area (Å²) in [4.78, 5) is 4.98. The maximum atomic E-state index is 10.9. The van der Waals surface area contributed by atoms with E-state index in [0.29, 0.717) is 6.61 Å². The Morgan fingerprint density at radius 1 is 1.56 bits per heavy atom. The SMILES string of the molecule is Cc1cccc(CS(=O)O)c1C1=NOCC1. The van der Waals surface area contributed by atoms with Crippen LogP contribution in [0.1, 0.15) is 23.1 Å². The van der Waals surface area contributed by atoms with Crippen LogP contribution in [0.25, 0.3) is 0 Å². The van der Waals surface area contributed by atoms with E-state index in [1.807, 2.05) is 25.1 Å². The topological polar surface area (TPSA) is 58.9 Å². The van der Waals surface area contributed by atoms with E-state index in [-0.39, 0.29) is 5.75 Å². The van der Waals surface area contributed by atoms with Crippen molar-refractivity contribution in [1.82, 2.24) is 0 Å². The molecule has 0 fully saturated rings. The summed E-state index contributed by atoms with van der Waals surface area (Å²) < 4.78 is 19.9. The smallest absolute Gasteiger partial charge is 0.157 e. The Kier molecular flexibility index (Phi) is 3.36. The fourth-order valence-corrected chi connectivity index (χ4v) is 2.38. The summed E-state index contributed by atoms with van der Waals surface area (Å²) in [6, 6.07) is 5.72. The number of oxime groups is 1. The minimum Gasteiger partial charge on any atom is -0.395 e. The fourth-order valence-electron chi connectivity index (χ4n) is 1.88. The molecule has 0 saturated heterocycles. The molecule has 1 heterocycles. The summed E-state index contributed by atoms with van der Waals surface area (Å²) in [7, 11) is 0. The van der Waals surface area contributed by atoms with E-state index in [1.54, 1.807) is 0 Å². The largest absolute Gasteiger partial charge is 0.395 e. The van der Waals surface area contributed by atoms with E-state index in [2.05, 4.69) is 5.16 Å². The Morgan fingerprint density at radius 3 is 3.00 bits per heavy atom. The predicted molar refractivity (Wildman–Crippen MR) is 62.8 cm³/mol. The third-order valence-electron chi connectivity index (χ3n) is 2.53. The number of nitrogens with zero attached hydrogens (tertiary/aromatic N) is 1. The summed E-state index contributed by atoms with van der Waals surface area (Å²) in [6.45, 7) is 2.56. The molecule has 1 aliphatic rings. The van der Waals surface area contributed by atoms with Crippen molar-refractivity contribution in [3.63, 3.8) is 0 Å². The van der Waals surface area contributed by atoms with Gasteiger partial charge < -0.3 is 9.39 Å². The highest BCUT2D eigenvalue weighted by molar-refractivity contribution is 7.78. The van der Waals surface area contributed by atoms with Crippen molar-refractivity contribution in [2.24, 2.45) is 5.16 Å². The van der Waals surface area contributed by atoms with E-state index >= 15 is 0 Å². The normalized spacial score (nSPS) is 16.8. The highest BCUT2D eigenvalue weighted by Crippen LogP contribution is 2.20. The van der Waals surface area contributed by atoms with Gasteiger partial charge in [-0.1, -0.05) is 23.4 Å². The lowest BCUT2D eigenvalue weighted by Crippen LogP contribution is -2.07. The molecule has 16 heavy (non-hydrogen) atoms. The van der Waals surface area contributed by atoms with Gasteiger partial charge in [0.05, 0.1) is 11.5 Å². The predicted octanol–water partition coefficient (Wildman–Crippen LogP) is 1.84. The van der Waals surface area contributed by atoms with Crippen LogP contribution in [-0.2, 0) is 21.7 Å². The number of benzene rings is 1. The van der Waals surface area contributed by atoms with Crippen LogP contribution in [0, 0.1) is 6.92 Å². The van der Waals surface area contributed by atoms with Gasteiger partial charge in [-0.2, -0.15) is 0 Å². The average Bonchev–Trinajstić information content (AvgIpc) is 2.69. The monoisotopic (exact) mass is 239 g/mol. The second kappa shape index (κ2) is 4.76. The Morgan fingerprint density at radius 2 is 2.38 bits per heavy atom. The van der Waals surface area contributed by atoms with Gasteiger partial charge in [-0.3, -0.25) is 0 Å². The summed E-state index contributed by atoms with van der Waals surface area (Å²) >= 11 is -1.83. The maximum Gasteiger partial charge on any atom is 0.157 e. The first-order valence-corrected chi connectivity index (χ1v) is 6.31. The summed E-state index contributed by atoms with van der Waals surface area (Å²) in [5.74, 6) is 0.135.